The molecule has 1 fully saturated rings. The lowest BCUT2D eigenvalue weighted by atomic mass is 10.2. The van der Waals surface area contributed by atoms with Gasteiger partial charge in [0.05, 0.1) is 12.9 Å². The first-order chi connectivity index (χ1) is 8.90. The van der Waals surface area contributed by atoms with Gasteiger partial charge in [-0.2, -0.15) is 0 Å². The molecule has 0 saturated heterocycles. The van der Waals surface area contributed by atoms with Crippen LogP contribution in [0.4, 0.5) is 0 Å². The lowest BCUT2D eigenvalue weighted by Gasteiger charge is -2.17. The van der Waals surface area contributed by atoms with E-state index in [4.69, 9.17) is 13.9 Å². The number of rotatable bonds is 10. The molecule has 102 valence electrons. The zero-order valence-corrected chi connectivity index (χ0v) is 11.1. The molecule has 1 N–H and O–H groups in total. The first-order valence-electron chi connectivity index (χ1n) is 6.72. The highest BCUT2D eigenvalue weighted by Crippen LogP contribution is 2.32. The molecule has 4 heteroatoms. The van der Waals surface area contributed by atoms with E-state index in [9.17, 15) is 0 Å². The third-order valence-corrected chi connectivity index (χ3v) is 3.23. The van der Waals surface area contributed by atoms with Gasteiger partial charge in [-0.3, -0.25) is 0 Å². The summed E-state index contributed by atoms with van der Waals surface area (Å²) in [5.74, 6) is 1.71. The van der Waals surface area contributed by atoms with Crippen LogP contribution in [0.2, 0.25) is 0 Å². The van der Waals surface area contributed by atoms with Crippen LogP contribution in [-0.4, -0.2) is 32.9 Å². The molecule has 2 rings (SSSR count). The van der Waals surface area contributed by atoms with E-state index in [0.29, 0.717) is 12.6 Å². The van der Waals surface area contributed by atoms with Crippen molar-refractivity contribution in [2.24, 2.45) is 5.92 Å². The van der Waals surface area contributed by atoms with Gasteiger partial charge < -0.3 is 19.2 Å². The molecule has 0 aliphatic heterocycles. The maximum atomic E-state index is 5.53. The highest BCUT2D eigenvalue weighted by atomic mass is 16.5. The van der Waals surface area contributed by atoms with E-state index in [1.54, 1.807) is 13.4 Å². The molecule has 18 heavy (non-hydrogen) atoms. The minimum Gasteiger partial charge on any atom is -0.467 e. The highest BCUT2D eigenvalue weighted by Gasteiger charge is 2.30. The Morgan fingerprint density at radius 1 is 1.50 bits per heavy atom. The van der Waals surface area contributed by atoms with E-state index >= 15 is 0 Å². The van der Waals surface area contributed by atoms with Crippen molar-refractivity contribution in [1.29, 1.82) is 0 Å². The fourth-order valence-electron chi connectivity index (χ4n) is 2.07. The average molecular weight is 253 g/mol. The van der Waals surface area contributed by atoms with Crippen LogP contribution >= 0.6 is 0 Å². The summed E-state index contributed by atoms with van der Waals surface area (Å²) in [6.07, 6.45) is 5.38. The largest absolute Gasteiger partial charge is 0.467 e. The van der Waals surface area contributed by atoms with E-state index in [-0.39, 0.29) is 0 Å². The van der Waals surface area contributed by atoms with Gasteiger partial charge in [0.25, 0.3) is 0 Å². The molecule has 1 unspecified atom stereocenters. The van der Waals surface area contributed by atoms with Crippen LogP contribution in [0, 0.1) is 5.92 Å². The second kappa shape index (κ2) is 7.56. The number of ether oxygens (including phenoxy) is 2. The predicted octanol–water partition coefficient (Wildman–Crippen LogP) is 2.20. The fourth-order valence-corrected chi connectivity index (χ4v) is 2.07. The maximum absolute atomic E-state index is 5.53. The second-order valence-corrected chi connectivity index (χ2v) is 4.84. The Morgan fingerprint density at radius 2 is 2.39 bits per heavy atom. The van der Waals surface area contributed by atoms with Crippen molar-refractivity contribution in [2.45, 2.75) is 31.9 Å². The quantitative estimate of drug-likeness (QED) is 0.649. The van der Waals surface area contributed by atoms with Gasteiger partial charge in [0.1, 0.15) is 12.4 Å². The average Bonchev–Trinajstić information content (AvgIpc) is 3.09. The third kappa shape index (κ3) is 4.80. The number of hydrogen-bond donors (Lipinski definition) is 1. The minimum atomic E-state index is 0.528. The molecule has 1 aliphatic rings. The molecule has 1 aromatic heterocycles. The first kappa shape index (κ1) is 13.6. The summed E-state index contributed by atoms with van der Waals surface area (Å²) in [5, 5.41) is 3.55. The maximum Gasteiger partial charge on any atom is 0.129 e. The molecule has 0 radical (unpaired) electrons. The van der Waals surface area contributed by atoms with E-state index in [0.717, 1.165) is 37.9 Å². The molecule has 1 saturated carbocycles. The van der Waals surface area contributed by atoms with E-state index < -0.39 is 0 Å². The molecular weight excluding hydrogens is 230 g/mol. The van der Waals surface area contributed by atoms with E-state index in [2.05, 4.69) is 5.32 Å². The Morgan fingerprint density at radius 3 is 3.06 bits per heavy atom. The Labute approximate surface area is 109 Å². The van der Waals surface area contributed by atoms with Gasteiger partial charge >= 0.3 is 0 Å². The molecule has 0 bridgehead atoms. The van der Waals surface area contributed by atoms with Crippen LogP contribution in [0.5, 0.6) is 0 Å². The summed E-state index contributed by atoms with van der Waals surface area (Å²) in [7, 11) is 1.77. The number of nitrogens with one attached hydrogen (secondary N) is 1. The Bertz CT molecular complexity index is 309. The molecular formula is C14H23NO3. The summed E-state index contributed by atoms with van der Waals surface area (Å²) in [6.45, 7) is 3.13. The summed E-state index contributed by atoms with van der Waals surface area (Å²) in [5.41, 5.74) is 0. The summed E-state index contributed by atoms with van der Waals surface area (Å²) < 4.78 is 15.9. The summed E-state index contributed by atoms with van der Waals surface area (Å²) >= 11 is 0. The zero-order valence-electron chi connectivity index (χ0n) is 11.1. The van der Waals surface area contributed by atoms with Gasteiger partial charge in [-0.25, -0.2) is 0 Å². The van der Waals surface area contributed by atoms with E-state index in [1.807, 2.05) is 12.1 Å². The Balaban J connectivity index is 1.47. The van der Waals surface area contributed by atoms with Crippen LogP contribution in [0.3, 0.4) is 0 Å². The predicted molar refractivity (Wildman–Crippen MR) is 69.4 cm³/mol. The second-order valence-electron chi connectivity index (χ2n) is 4.84. The monoisotopic (exact) mass is 253 g/mol. The van der Waals surface area contributed by atoms with Crippen LogP contribution in [0.25, 0.3) is 0 Å². The van der Waals surface area contributed by atoms with Crippen LogP contribution in [0.15, 0.2) is 22.8 Å². The first-order valence-corrected chi connectivity index (χ1v) is 6.72. The zero-order chi connectivity index (χ0) is 12.6. The molecule has 1 aromatic rings. The van der Waals surface area contributed by atoms with Crippen LogP contribution in [-0.2, 0) is 16.1 Å². The van der Waals surface area contributed by atoms with Crippen molar-refractivity contribution >= 4 is 0 Å². The SMILES string of the molecule is COCC(NCCCOCc1ccco1)C1CC1. The van der Waals surface area contributed by atoms with Gasteiger partial charge in [0, 0.05) is 19.8 Å². The van der Waals surface area contributed by atoms with Gasteiger partial charge in [-0.15, -0.1) is 0 Å². The van der Waals surface area contributed by atoms with Crippen molar-refractivity contribution in [1.82, 2.24) is 5.32 Å². The van der Waals surface area contributed by atoms with E-state index in [1.165, 1.54) is 12.8 Å². The molecule has 4 nitrogen and oxygen atoms in total. The van der Waals surface area contributed by atoms with Crippen molar-refractivity contribution in [3.63, 3.8) is 0 Å². The van der Waals surface area contributed by atoms with Crippen molar-refractivity contribution in [3.05, 3.63) is 24.2 Å². The minimum absolute atomic E-state index is 0.528. The van der Waals surface area contributed by atoms with Crippen LogP contribution < -0.4 is 5.32 Å². The topological polar surface area (TPSA) is 43.6 Å². The summed E-state index contributed by atoms with van der Waals surface area (Å²) in [6, 6.07) is 4.34. The lowest BCUT2D eigenvalue weighted by molar-refractivity contribution is 0.101. The number of methoxy groups -OCH3 is 1. The normalized spacial score (nSPS) is 16.9. The van der Waals surface area contributed by atoms with Crippen molar-refractivity contribution in [2.75, 3.05) is 26.9 Å². The Hall–Kier alpha value is -0.840. The molecule has 1 heterocycles. The smallest absolute Gasteiger partial charge is 0.129 e. The fraction of sp³-hybridized carbons (Fsp3) is 0.714. The van der Waals surface area contributed by atoms with Crippen molar-refractivity contribution in [3.8, 4) is 0 Å². The summed E-state index contributed by atoms with van der Waals surface area (Å²) in [4.78, 5) is 0. The lowest BCUT2D eigenvalue weighted by Crippen LogP contribution is -2.36. The Kier molecular flexibility index (Phi) is 5.71. The van der Waals surface area contributed by atoms with Gasteiger partial charge in [-0.1, -0.05) is 0 Å². The number of hydrogen-bond acceptors (Lipinski definition) is 4. The molecule has 1 atom stereocenters. The highest BCUT2D eigenvalue weighted by molar-refractivity contribution is 4.96. The molecule has 0 spiro atoms. The molecule has 0 aromatic carbocycles. The van der Waals surface area contributed by atoms with Crippen molar-refractivity contribution < 1.29 is 13.9 Å². The standard InChI is InChI=1S/C14H23NO3/c1-16-11-14(12-5-6-12)15-7-3-8-17-10-13-4-2-9-18-13/h2,4,9,12,14-15H,3,5-8,10-11H2,1H3. The van der Waals surface area contributed by atoms with Gasteiger partial charge in [-0.05, 0) is 43.9 Å². The van der Waals surface area contributed by atoms with Gasteiger partial charge in [0.15, 0.2) is 0 Å². The molecule has 0 amide bonds. The van der Waals surface area contributed by atoms with Crippen LogP contribution in [0.1, 0.15) is 25.0 Å². The molecule has 1 aliphatic carbocycles. The van der Waals surface area contributed by atoms with Gasteiger partial charge in [0.2, 0.25) is 0 Å². The third-order valence-electron chi connectivity index (χ3n) is 3.23. The number of furan rings is 1.